The molecule has 2 rings (SSSR count). The molecule has 0 aliphatic rings. The Morgan fingerprint density at radius 1 is 1.42 bits per heavy atom. The van der Waals surface area contributed by atoms with Crippen molar-refractivity contribution in [3.05, 3.63) is 52.5 Å². The van der Waals surface area contributed by atoms with Crippen molar-refractivity contribution in [2.45, 2.75) is 13.1 Å². The number of aromatic nitrogens is 3. The highest BCUT2D eigenvalue weighted by Crippen LogP contribution is 2.12. The predicted octanol–water partition coefficient (Wildman–Crippen LogP) is 1.19. The van der Waals surface area contributed by atoms with Crippen molar-refractivity contribution in [3.63, 3.8) is 0 Å². The summed E-state index contributed by atoms with van der Waals surface area (Å²) in [5.74, 6) is -1.39. The van der Waals surface area contributed by atoms with E-state index in [9.17, 15) is 18.4 Å². The van der Waals surface area contributed by atoms with Crippen molar-refractivity contribution in [3.8, 4) is 0 Å². The first-order valence-electron chi connectivity index (χ1n) is 5.23. The van der Waals surface area contributed by atoms with Crippen LogP contribution in [0.4, 0.5) is 8.78 Å². The van der Waals surface area contributed by atoms with Gasteiger partial charge < -0.3 is 9.67 Å². The third-order valence-electron chi connectivity index (χ3n) is 2.52. The molecule has 0 unspecified atom stereocenters. The van der Waals surface area contributed by atoms with Crippen LogP contribution in [-0.4, -0.2) is 25.2 Å². The number of rotatable bonds is 4. The molecule has 0 amide bonds. The molecular formula is C11H9F2N3O3. The Hall–Kier alpha value is -2.51. The number of hydrogen-bond donors (Lipinski definition) is 1. The van der Waals surface area contributed by atoms with Gasteiger partial charge in [0.15, 0.2) is 0 Å². The van der Waals surface area contributed by atoms with Crippen molar-refractivity contribution >= 4 is 5.97 Å². The molecule has 0 aliphatic carbocycles. The van der Waals surface area contributed by atoms with Gasteiger partial charge in [0.1, 0.15) is 11.4 Å². The van der Waals surface area contributed by atoms with Gasteiger partial charge in [0.25, 0.3) is 5.56 Å². The summed E-state index contributed by atoms with van der Waals surface area (Å²) in [6, 6.07) is 2.52. The lowest BCUT2D eigenvalue weighted by Gasteiger charge is -2.08. The zero-order valence-electron chi connectivity index (χ0n) is 9.53. The fourth-order valence-electron chi connectivity index (χ4n) is 1.62. The number of carboxylic acid groups (broad SMARTS) is 1. The van der Waals surface area contributed by atoms with Crippen molar-refractivity contribution in [1.82, 2.24) is 14.1 Å². The molecule has 100 valence electrons. The summed E-state index contributed by atoms with van der Waals surface area (Å²) in [4.78, 5) is 26.3. The number of aromatic carboxylic acids is 1. The summed E-state index contributed by atoms with van der Waals surface area (Å²) in [7, 11) is 0. The van der Waals surface area contributed by atoms with E-state index >= 15 is 0 Å². The number of hydrogen-bond acceptors (Lipinski definition) is 3. The minimum absolute atomic E-state index is 0.0281. The largest absolute Gasteiger partial charge is 0.477 e. The lowest BCUT2D eigenvalue weighted by atomic mass is 10.3. The first-order valence-corrected chi connectivity index (χ1v) is 5.23. The van der Waals surface area contributed by atoms with Gasteiger partial charge in [-0.25, -0.2) is 9.78 Å². The van der Waals surface area contributed by atoms with Gasteiger partial charge in [-0.15, -0.1) is 0 Å². The van der Waals surface area contributed by atoms with Crippen molar-refractivity contribution in [2.24, 2.45) is 0 Å². The van der Waals surface area contributed by atoms with Gasteiger partial charge >= 0.3 is 12.5 Å². The molecule has 2 aromatic heterocycles. The van der Waals surface area contributed by atoms with Crippen LogP contribution < -0.4 is 5.56 Å². The third kappa shape index (κ3) is 2.51. The average molecular weight is 269 g/mol. The third-order valence-corrected chi connectivity index (χ3v) is 2.52. The Kier molecular flexibility index (Phi) is 3.41. The lowest BCUT2D eigenvalue weighted by Crippen LogP contribution is -2.27. The van der Waals surface area contributed by atoms with Crippen molar-refractivity contribution < 1.29 is 18.7 Å². The second-order valence-electron chi connectivity index (χ2n) is 3.69. The molecule has 2 heterocycles. The van der Waals surface area contributed by atoms with E-state index in [2.05, 4.69) is 4.98 Å². The monoisotopic (exact) mass is 269 g/mol. The molecule has 19 heavy (non-hydrogen) atoms. The molecule has 0 fully saturated rings. The first kappa shape index (κ1) is 12.9. The molecule has 0 aromatic carbocycles. The first-order chi connectivity index (χ1) is 9.00. The molecule has 6 nitrogen and oxygen atoms in total. The normalized spacial score (nSPS) is 10.9. The Bertz CT molecular complexity index is 663. The Labute approximate surface area is 105 Å². The number of alkyl halides is 2. The summed E-state index contributed by atoms with van der Waals surface area (Å²) in [5.41, 5.74) is -1.18. The maximum atomic E-state index is 12.6. The summed E-state index contributed by atoms with van der Waals surface area (Å²) in [5, 5.41) is 8.80. The van der Waals surface area contributed by atoms with E-state index in [4.69, 9.17) is 5.11 Å². The predicted molar refractivity (Wildman–Crippen MR) is 60.2 cm³/mol. The second kappa shape index (κ2) is 5.01. The van der Waals surface area contributed by atoms with E-state index in [1.54, 1.807) is 0 Å². The van der Waals surface area contributed by atoms with Crippen LogP contribution in [0.1, 0.15) is 22.7 Å². The highest BCUT2D eigenvalue weighted by molar-refractivity contribution is 5.86. The fourth-order valence-corrected chi connectivity index (χ4v) is 1.62. The standard InChI is InChI=1S/C11H9F2N3O3/c12-11(13)16-5-3-14-8(16)6-15-4-1-2-7(9(15)17)10(18)19/h1-5,11H,6H2,(H,18,19). The van der Waals surface area contributed by atoms with Gasteiger partial charge in [-0.1, -0.05) is 0 Å². The molecule has 0 saturated carbocycles. The fraction of sp³-hybridized carbons (Fsp3) is 0.182. The van der Waals surface area contributed by atoms with Crippen LogP contribution in [0.5, 0.6) is 0 Å². The molecule has 2 aromatic rings. The highest BCUT2D eigenvalue weighted by atomic mass is 19.3. The van der Waals surface area contributed by atoms with Gasteiger partial charge in [0.05, 0.1) is 6.54 Å². The van der Waals surface area contributed by atoms with Gasteiger partial charge in [0.2, 0.25) is 0 Å². The lowest BCUT2D eigenvalue weighted by molar-refractivity contribution is 0.0661. The number of nitrogens with zero attached hydrogens (tertiary/aromatic N) is 3. The molecule has 0 spiro atoms. The van der Waals surface area contributed by atoms with E-state index < -0.39 is 23.6 Å². The van der Waals surface area contributed by atoms with Gasteiger partial charge in [-0.2, -0.15) is 8.78 Å². The second-order valence-corrected chi connectivity index (χ2v) is 3.69. The topological polar surface area (TPSA) is 77.1 Å². The maximum Gasteiger partial charge on any atom is 0.341 e. The van der Waals surface area contributed by atoms with E-state index in [0.29, 0.717) is 4.57 Å². The number of halogens is 2. The molecular weight excluding hydrogens is 260 g/mol. The van der Waals surface area contributed by atoms with E-state index in [1.165, 1.54) is 18.5 Å². The van der Waals surface area contributed by atoms with E-state index in [0.717, 1.165) is 16.8 Å². The zero-order valence-corrected chi connectivity index (χ0v) is 9.53. The van der Waals surface area contributed by atoms with Crippen LogP contribution in [0.15, 0.2) is 35.5 Å². The van der Waals surface area contributed by atoms with Gasteiger partial charge in [-0.3, -0.25) is 9.36 Å². The highest BCUT2D eigenvalue weighted by Gasteiger charge is 2.14. The van der Waals surface area contributed by atoms with E-state index in [-0.39, 0.29) is 12.4 Å². The summed E-state index contributed by atoms with van der Waals surface area (Å²) in [6.07, 6.45) is 3.60. The van der Waals surface area contributed by atoms with Crippen molar-refractivity contribution in [2.75, 3.05) is 0 Å². The molecule has 0 saturated heterocycles. The maximum absolute atomic E-state index is 12.6. The number of carboxylic acids is 1. The molecule has 0 aliphatic heterocycles. The Morgan fingerprint density at radius 3 is 2.79 bits per heavy atom. The van der Waals surface area contributed by atoms with Crippen LogP contribution in [0, 0.1) is 0 Å². The van der Waals surface area contributed by atoms with Gasteiger partial charge in [-0.05, 0) is 12.1 Å². The SMILES string of the molecule is O=C(O)c1cccn(Cc2nccn2C(F)F)c1=O. The number of carbonyl (C=O) groups is 1. The molecule has 0 bridgehead atoms. The number of imidazole rings is 1. The van der Waals surface area contributed by atoms with Crippen LogP contribution >= 0.6 is 0 Å². The molecule has 8 heteroatoms. The molecule has 1 N–H and O–H groups in total. The van der Waals surface area contributed by atoms with Crippen molar-refractivity contribution in [1.29, 1.82) is 0 Å². The minimum atomic E-state index is -2.77. The van der Waals surface area contributed by atoms with Crippen LogP contribution in [-0.2, 0) is 6.54 Å². The van der Waals surface area contributed by atoms with Crippen LogP contribution in [0.3, 0.4) is 0 Å². The minimum Gasteiger partial charge on any atom is -0.477 e. The Morgan fingerprint density at radius 2 is 2.16 bits per heavy atom. The summed E-state index contributed by atoms with van der Waals surface area (Å²) < 4.78 is 26.9. The quantitative estimate of drug-likeness (QED) is 0.904. The molecule has 0 radical (unpaired) electrons. The smallest absolute Gasteiger partial charge is 0.341 e. The summed E-state index contributed by atoms with van der Waals surface area (Å²) in [6.45, 7) is -2.99. The van der Waals surface area contributed by atoms with E-state index in [1.807, 2.05) is 0 Å². The Balaban J connectivity index is 2.39. The van der Waals surface area contributed by atoms with Gasteiger partial charge in [0, 0.05) is 18.6 Å². The number of pyridine rings is 1. The van der Waals surface area contributed by atoms with Crippen LogP contribution in [0.2, 0.25) is 0 Å². The molecule has 0 atom stereocenters. The zero-order chi connectivity index (χ0) is 14.0. The summed E-state index contributed by atoms with van der Waals surface area (Å²) >= 11 is 0. The average Bonchev–Trinajstić information content (AvgIpc) is 2.79. The van der Waals surface area contributed by atoms with Crippen LogP contribution in [0.25, 0.3) is 0 Å².